The molecule has 0 fully saturated rings. The van der Waals surface area contributed by atoms with E-state index in [4.69, 9.17) is 0 Å². The third-order valence-electron chi connectivity index (χ3n) is 2.09. The number of hydrogen-bond donors (Lipinski definition) is 0. The van der Waals surface area contributed by atoms with Crippen LogP contribution in [0.2, 0.25) is 0 Å². The molecule has 0 bridgehead atoms. The predicted octanol–water partition coefficient (Wildman–Crippen LogP) is 6.23. The van der Waals surface area contributed by atoms with Gasteiger partial charge >= 0.3 is 0 Å². The van der Waals surface area contributed by atoms with Gasteiger partial charge in [0.1, 0.15) is 0 Å². The SMILES string of the molecule is C=CCCC=C(C)C.C=CCCCC=C(C)C. The van der Waals surface area contributed by atoms with Crippen molar-refractivity contribution in [3.05, 3.63) is 48.6 Å². The van der Waals surface area contributed by atoms with Gasteiger partial charge in [0.25, 0.3) is 0 Å². The van der Waals surface area contributed by atoms with Crippen LogP contribution in [0.4, 0.5) is 0 Å². The quantitative estimate of drug-likeness (QED) is 0.362. The molecular weight excluding hydrogens is 204 g/mol. The van der Waals surface area contributed by atoms with Crippen LogP contribution in [0.5, 0.6) is 0 Å². The summed E-state index contributed by atoms with van der Waals surface area (Å²) in [6, 6.07) is 0. The van der Waals surface area contributed by atoms with Crippen LogP contribution in [0.1, 0.15) is 59.8 Å². The smallest absolute Gasteiger partial charge is 0.0314 e. The molecule has 0 heteroatoms. The number of allylic oxidation sites excluding steroid dienone is 6. The topological polar surface area (TPSA) is 0 Å². The minimum Gasteiger partial charge on any atom is -0.103 e. The zero-order valence-electron chi connectivity index (χ0n) is 12.3. The lowest BCUT2D eigenvalue weighted by Crippen LogP contribution is -1.69. The zero-order chi connectivity index (χ0) is 13.5. The van der Waals surface area contributed by atoms with Gasteiger partial charge < -0.3 is 0 Å². The van der Waals surface area contributed by atoms with E-state index in [0.29, 0.717) is 0 Å². The standard InChI is InChI=1S/C9H16.C8H14/c1-4-5-6-7-8-9(2)3;1-4-5-6-7-8(2)3/h4,8H,1,5-7H2,2-3H3;4,7H,1,5-6H2,2-3H3. The van der Waals surface area contributed by atoms with Crippen LogP contribution in [-0.2, 0) is 0 Å². The average molecular weight is 234 g/mol. The van der Waals surface area contributed by atoms with Gasteiger partial charge in [-0.3, -0.25) is 0 Å². The highest BCUT2D eigenvalue weighted by Crippen LogP contribution is 1.99. The second kappa shape index (κ2) is 15.0. The molecule has 0 aliphatic heterocycles. The van der Waals surface area contributed by atoms with Crippen molar-refractivity contribution < 1.29 is 0 Å². The van der Waals surface area contributed by atoms with E-state index < -0.39 is 0 Å². The summed E-state index contributed by atoms with van der Waals surface area (Å²) in [6.07, 6.45) is 14.2. The maximum Gasteiger partial charge on any atom is -0.0314 e. The first-order valence-corrected chi connectivity index (χ1v) is 6.53. The van der Waals surface area contributed by atoms with Crippen molar-refractivity contribution in [2.45, 2.75) is 59.8 Å². The third kappa shape index (κ3) is 25.3. The van der Waals surface area contributed by atoms with E-state index in [1.807, 2.05) is 12.2 Å². The monoisotopic (exact) mass is 234 g/mol. The molecule has 0 saturated carbocycles. The van der Waals surface area contributed by atoms with Gasteiger partial charge in [0.2, 0.25) is 0 Å². The Morgan fingerprint density at radius 2 is 1.18 bits per heavy atom. The van der Waals surface area contributed by atoms with Gasteiger partial charge in [0.15, 0.2) is 0 Å². The molecule has 0 unspecified atom stereocenters. The molecule has 0 aliphatic carbocycles. The van der Waals surface area contributed by atoms with Crippen LogP contribution in [0, 0.1) is 0 Å². The highest BCUT2D eigenvalue weighted by Gasteiger charge is 1.79. The lowest BCUT2D eigenvalue weighted by Gasteiger charge is -1.90. The van der Waals surface area contributed by atoms with Crippen molar-refractivity contribution in [2.24, 2.45) is 0 Å². The largest absolute Gasteiger partial charge is 0.103 e. The fourth-order valence-corrected chi connectivity index (χ4v) is 1.14. The van der Waals surface area contributed by atoms with Crippen molar-refractivity contribution in [1.29, 1.82) is 0 Å². The van der Waals surface area contributed by atoms with Gasteiger partial charge in [0.05, 0.1) is 0 Å². The lowest BCUT2D eigenvalue weighted by atomic mass is 10.2. The van der Waals surface area contributed by atoms with E-state index in [0.717, 1.165) is 19.3 Å². The lowest BCUT2D eigenvalue weighted by molar-refractivity contribution is 0.864. The number of unbranched alkanes of at least 4 members (excludes halogenated alkanes) is 3. The summed E-state index contributed by atoms with van der Waals surface area (Å²) in [5, 5.41) is 0. The maximum atomic E-state index is 3.66. The van der Waals surface area contributed by atoms with Crippen LogP contribution < -0.4 is 0 Å². The molecule has 0 aromatic carbocycles. The molecule has 0 rings (SSSR count). The highest BCUT2D eigenvalue weighted by molar-refractivity contribution is 4.94. The normalized spacial score (nSPS) is 8.47. The summed E-state index contributed by atoms with van der Waals surface area (Å²) in [4.78, 5) is 0. The Labute approximate surface area is 109 Å². The highest BCUT2D eigenvalue weighted by atomic mass is 13.9. The van der Waals surface area contributed by atoms with E-state index in [9.17, 15) is 0 Å². The van der Waals surface area contributed by atoms with Gasteiger partial charge in [-0.2, -0.15) is 0 Å². The molecule has 98 valence electrons. The number of rotatable bonds is 7. The summed E-state index contributed by atoms with van der Waals surface area (Å²) >= 11 is 0. The molecule has 0 spiro atoms. The Morgan fingerprint density at radius 3 is 1.59 bits per heavy atom. The van der Waals surface area contributed by atoms with Crippen LogP contribution >= 0.6 is 0 Å². The van der Waals surface area contributed by atoms with Gasteiger partial charge in [0, 0.05) is 0 Å². The molecule has 0 amide bonds. The molecular formula is C17H30. The molecule has 0 radical (unpaired) electrons. The van der Waals surface area contributed by atoms with Gasteiger partial charge in [-0.05, 0) is 59.8 Å². The Kier molecular flexibility index (Phi) is 16.1. The minimum atomic E-state index is 1.10. The van der Waals surface area contributed by atoms with Crippen LogP contribution in [0.3, 0.4) is 0 Å². The third-order valence-corrected chi connectivity index (χ3v) is 2.09. The van der Waals surface area contributed by atoms with Crippen molar-refractivity contribution in [3.63, 3.8) is 0 Å². The Bertz CT molecular complexity index is 233. The summed E-state index contributed by atoms with van der Waals surface area (Å²) in [5.74, 6) is 0. The first-order chi connectivity index (χ1) is 8.04. The second-order valence-corrected chi connectivity index (χ2v) is 4.65. The molecule has 0 atom stereocenters. The fraction of sp³-hybridized carbons (Fsp3) is 0.529. The summed E-state index contributed by atoms with van der Waals surface area (Å²) in [6.45, 7) is 15.8. The van der Waals surface area contributed by atoms with Crippen molar-refractivity contribution in [2.75, 3.05) is 0 Å². The van der Waals surface area contributed by atoms with E-state index in [2.05, 4.69) is 53.0 Å². The van der Waals surface area contributed by atoms with E-state index in [-0.39, 0.29) is 0 Å². The number of hydrogen-bond acceptors (Lipinski definition) is 0. The summed E-state index contributed by atoms with van der Waals surface area (Å²) in [7, 11) is 0. The van der Waals surface area contributed by atoms with Gasteiger partial charge in [-0.1, -0.05) is 35.5 Å². The molecule has 0 saturated heterocycles. The van der Waals surface area contributed by atoms with Crippen LogP contribution in [0.15, 0.2) is 48.6 Å². The van der Waals surface area contributed by atoms with E-state index >= 15 is 0 Å². The first kappa shape index (κ1) is 18.3. The summed E-state index contributed by atoms with van der Waals surface area (Å²) in [5.41, 5.74) is 2.81. The first-order valence-electron chi connectivity index (χ1n) is 6.53. The Hall–Kier alpha value is -1.04. The van der Waals surface area contributed by atoms with E-state index in [1.54, 1.807) is 0 Å². The molecule has 0 aliphatic rings. The Balaban J connectivity index is 0. The van der Waals surface area contributed by atoms with Crippen molar-refractivity contribution in [3.8, 4) is 0 Å². The molecule has 0 heterocycles. The predicted molar refractivity (Wildman–Crippen MR) is 82.3 cm³/mol. The maximum absolute atomic E-state index is 3.66. The zero-order valence-corrected chi connectivity index (χ0v) is 12.3. The molecule has 0 nitrogen and oxygen atoms in total. The van der Waals surface area contributed by atoms with Gasteiger partial charge in [-0.25, -0.2) is 0 Å². The van der Waals surface area contributed by atoms with Crippen LogP contribution in [-0.4, -0.2) is 0 Å². The molecule has 0 N–H and O–H groups in total. The molecule has 0 aromatic rings. The van der Waals surface area contributed by atoms with Gasteiger partial charge in [-0.15, -0.1) is 13.2 Å². The molecule has 17 heavy (non-hydrogen) atoms. The van der Waals surface area contributed by atoms with Crippen molar-refractivity contribution in [1.82, 2.24) is 0 Å². The summed E-state index contributed by atoms with van der Waals surface area (Å²) < 4.78 is 0. The second-order valence-electron chi connectivity index (χ2n) is 4.65. The van der Waals surface area contributed by atoms with Crippen molar-refractivity contribution >= 4 is 0 Å². The van der Waals surface area contributed by atoms with E-state index in [1.165, 1.54) is 24.0 Å². The fourth-order valence-electron chi connectivity index (χ4n) is 1.14. The molecule has 0 aromatic heterocycles. The average Bonchev–Trinajstić information content (AvgIpc) is 2.25. The minimum absolute atomic E-state index is 1.10. The van der Waals surface area contributed by atoms with Crippen LogP contribution in [0.25, 0.3) is 0 Å². The Morgan fingerprint density at radius 1 is 0.706 bits per heavy atom.